The monoisotopic (exact) mass is 400 g/mol. The van der Waals surface area contributed by atoms with Crippen LogP contribution in [0, 0.1) is 11.8 Å². The van der Waals surface area contributed by atoms with Gasteiger partial charge in [0.2, 0.25) is 5.88 Å². The summed E-state index contributed by atoms with van der Waals surface area (Å²) in [5.74, 6) is 7.33. The standard InChI is InChI=1S/C22H20N6O2/c1-22(2,29)9-8-15-6-7-17-13-26-28(18(17)11-15)21-25-14-24-19(27-21)12-16-5-4-10-23-20(16)30-3/h4-7,10-11,13-14,29H,12H2,1-3H3. The fourth-order valence-electron chi connectivity index (χ4n) is 2.90. The van der Waals surface area contributed by atoms with Crippen LogP contribution >= 0.6 is 0 Å². The van der Waals surface area contributed by atoms with Crippen LogP contribution in [0.15, 0.2) is 49.1 Å². The van der Waals surface area contributed by atoms with Gasteiger partial charge in [-0.25, -0.2) is 9.97 Å². The van der Waals surface area contributed by atoms with Crippen LogP contribution < -0.4 is 4.74 Å². The summed E-state index contributed by atoms with van der Waals surface area (Å²) in [5.41, 5.74) is 1.40. The molecule has 0 fully saturated rings. The second-order valence-electron chi connectivity index (χ2n) is 7.19. The minimum Gasteiger partial charge on any atom is -0.481 e. The van der Waals surface area contributed by atoms with Crippen LogP contribution in [-0.2, 0) is 6.42 Å². The SMILES string of the molecule is COc1ncccc1Cc1ncnc(-n2ncc3ccc(C#CC(C)(C)O)cc32)n1. The molecule has 0 saturated heterocycles. The van der Waals surface area contributed by atoms with Gasteiger partial charge < -0.3 is 9.84 Å². The molecule has 8 heteroatoms. The lowest BCUT2D eigenvalue weighted by molar-refractivity contribution is 0.143. The number of benzene rings is 1. The van der Waals surface area contributed by atoms with Gasteiger partial charge in [-0.2, -0.15) is 19.7 Å². The van der Waals surface area contributed by atoms with Crippen molar-refractivity contribution in [3.63, 3.8) is 0 Å². The van der Waals surface area contributed by atoms with Crippen LogP contribution in [0.4, 0.5) is 0 Å². The maximum Gasteiger partial charge on any atom is 0.254 e. The van der Waals surface area contributed by atoms with E-state index in [9.17, 15) is 5.11 Å². The van der Waals surface area contributed by atoms with E-state index in [0.717, 1.165) is 22.0 Å². The Balaban J connectivity index is 1.70. The topological polar surface area (TPSA) is 98.8 Å². The quantitative estimate of drug-likeness (QED) is 0.525. The molecule has 4 aromatic rings. The van der Waals surface area contributed by atoms with Crippen LogP contribution in [0.5, 0.6) is 5.88 Å². The fourth-order valence-corrected chi connectivity index (χ4v) is 2.90. The second-order valence-corrected chi connectivity index (χ2v) is 7.19. The third kappa shape index (κ3) is 4.26. The summed E-state index contributed by atoms with van der Waals surface area (Å²) in [7, 11) is 1.58. The number of fused-ring (bicyclic) bond motifs is 1. The molecular weight excluding hydrogens is 380 g/mol. The Morgan fingerprint density at radius 1 is 1.17 bits per heavy atom. The molecule has 0 spiro atoms. The molecule has 0 amide bonds. The number of aromatic nitrogens is 6. The molecule has 1 N–H and O–H groups in total. The summed E-state index contributed by atoms with van der Waals surface area (Å²) in [6.45, 7) is 3.29. The van der Waals surface area contributed by atoms with Crippen molar-refractivity contribution in [2.24, 2.45) is 0 Å². The Morgan fingerprint density at radius 3 is 2.83 bits per heavy atom. The highest BCUT2D eigenvalue weighted by atomic mass is 16.5. The summed E-state index contributed by atoms with van der Waals surface area (Å²) >= 11 is 0. The number of rotatable bonds is 4. The van der Waals surface area contributed by atoms with Crippen molar-refractivity contribution in [2.75, 3.05) is 7.11 Å². The van der Waals surface area contributed by atoms with Crippen molar-refractivity contribution < 1.29 is 9.84 Å². The number of ether oxygens (including phenoxy) is 1. The summed E-state index contributed by atoms with van der Waals surface area (Å²) < 4.78 is 6.96. The minimum atomic E-state index is -1.06. The van der Waals surface area contributed by atoms with E-state index in [4.69, 9.17) is 4.74 Å². The van der Waals surface area contributed by atoms with Gasteiger partial charge in [0, 0.05) is 29.1 Å². The molecule has 0 unspecified atom stereocenters. The molecule has 3 aromatic heterocycles. The van der Waals surface area contributed by atoms with Crippen molar-refractivity contribution in [3.8, 4) is 23.7 Å². The third-order valence-electron chi connectivity index (χ3n) is 4.27. The molecule has 0 radical (unpaired) electrons. The first-order chi connectivity index (χ1) is 14.4. The summed E-state index contributed by atoms with van der Waals surface area (Å²) in [5, 5.41) is 15.2. The molecular formula is C22H20N6O2. The maximum atomic E-state index is 9.84. The summed E-state index contributed by atoms with van der Waals surface area (Å²) in [6.07, 6.45) is 5.34. The number of methoxy groups -OCH3 is 1. The van der Waals surface area contributed by atoms with Gasteiger partial charge in [0.05, 0.1) is 18.8 Å². The van der Waals surface area contributed by atoms with E-state index in [2.05, 4.69) is 36.9 Å². The maximum absolute atomic E-state index is 9.84. The van der Waals surface area contributed by atoms with Crippen molar-refractivity contribution >= 4 is 10.9 Å². The molecule has 3 heterocycles. The van der Waals surface area contributed by atoms with E-state index in [1.54, 1.807) is 38.0 Å². The highest BCUT2D eigenvalue weighted by molar-refractivity contribution is 5.81. The number of aliphatic hydroxyl groups is 1. The molecule has 4 rings (SSSR count). The van der Waals surface area contributed by atoms with E-state index in [1.165, 1.54) is 6.33 Å². The van der Waals surface area contributed by atoms with Crippen molar-refractivity contribution in [1.82, 2.24) is 29.7 Å². The molecule has 8 nitrogen and oxygen atoms in total. The molecule has 150 valence electrons. The van der Waals surface area contributed by atoms with Gasteiger partial charge in [-0.3, -0.25) is 0 Å². The van der Waals surface area contributed by atoms with Gasteiger partial charge in [-0.15, -0.1) is 0 Å². The van der Waals surface area contributed by atoms with Crippen LogP contribution in [0.1, 0.15) is 30.8 Å². The Hall–Kier alpha value is -3.83. The van der Waals surface area contributed by atoms with Crippen molar-refractivity contribution in [1.29, 1.82) is 0 Å². The molecule has 30 heavy (non-hydrogen) atoms. The van der Waals surface area contributed by atoms with Gasteiger partial charge in [-0.05, 0) is 38.1 Å². The third-order valence-corrected chi connectivity index (χ3v) is 4.27. The molecule has 1 aromatic carbocycles. The van der Waals surface area contributed by atoms with Gasteiger partial charge in [0.15, 0.2) is 0 Å². The zero-order valence-corrected chi connectivity index (χ0v) is 16.9. The Morgan fingerprint density at radius 2 is 2.03 bits per heavy atom. The highest BCUT2D eigenvalue weighted by Gasteiger charge is 2.12. The first-order valence-corrected chi connectivity index (χ1v) is 9.32. The average molecular weight is 400 g/mol. The normalized spacial score (nSPS) is 11.2. The molecule has 0 aliphatic carbocycles. The van der Waals surface area contributed by atoms with Gasteiger partial charge >= 0.3 is 0 Å². The molecule has 0 saturated carbocycles. The van der Waals surface area contributed by atoms with E-state index >= 15 is 0 Å². The zero-order chi connectivity index (χ0) is 21.1. The second kappa shape index (κ2) is 7.89. The number of pyridine rings is 1. The van der Waals surface area contributed by atoms with Crippen LogP contribution in [0.3, 0.4) is 0 Å². The largest absolute Gasteiger partial charge is 0.481 e. The number of hydrogen-bond donors (Lipinski definition) is 1. The zero-order valence-electron chi connectivity index (χ0n) is 16.9. The predicted molar refractivity (Wildman–Crippen MR) is 111 cm³/mol. The van der Waals surface area contributed by atoms with E-state index in [0.29, 0.717) is 24.1 Å². The lowest BCUT2D eigenvalue weighted by Gasteiger charge is -2.07. The van der Waals surface area contributed by atoms with Crippen molar-refractivity contribution in [3.05, 3.63) is 66.0 Å². The first kappa shape index (κ1) is 19.5. The van der Waals surface area contributed by atoms with Gasteiger partial charge in [0.1, 0.15) is 17.8 Å². The molecule has 0 atom stereocenters. The van der Waals surface area contributed by atoms with E-state index < -0.39 is 5.60 Å². The Kier molecular flexibility index (Phi) is 5.12. The fraction of sp³-hybridized carbons (Fsp3) is 0.227. The van der Waals surface area contributed by atoms with E-state index in [1.807, 2.05) is 30.3 Å². The minimum absolute atomic E-state index is 0.408. The van der Waals surface area contributed by atoms with Gasteiger partial charge in [-0.1, -0.05) is 17.9 Å². The lowest BCUT2D eigenvalue weighted by Crippen LogP contribution is -2.14. The van der Waals surface area contributed by atoms with Crippen LogP contribution in [-0.4, -0.2) is 47.5 Å². The van der Waals surface area contributed by atoms with E-state index in [-0.39, 0.29) is 0 Å². The molecule has 0 aliphatic heterocycles. The first-order valence-electron chi connectivity index (χ1n) is 9.32. The average Bonchev–Trinajstić information content (AvgIpc) is 3.16. The summed E-state index contributed by atoms with van der Waals surface area (Å²) in [6, 6.07) is 9.48. The molecule has 0 aliphatic rings. The molecule has 0 bridgehead atoms. The Bertz CT molecular complexity index is 1260. The predicted octanol–water partition coefficient (Wildman–Crippen LogP) is 2.33. The van der Waals surface area contributed by atoms with Crippen LogP contribution in [0.25, 0.3) is 16.9 Å². The highest BCUT2D eigenvalue weighted by Crippen LogP contribution is 2.19. The number of nitrogens with zero attached hydrogens (tertiary/aromatic N) is 6. The van der Waals surface area contributed by atoms with Crippen LogP contribution in [0.2, 0.25) is 0 Å². The lowest BCUT2D eigenvalue weighted by atomic mass is 10.1. The van der Waals surface area contributed by atoms with Gasteiger partial charge in [0.25, 0.3) is 5.95 Å². The summed E-state index contributed by atoms with van der Waals surface area (Å²) in [4.78, 5) is 17.3. The van der Waals surface area contributed by atoms with Crippen molar-refractivity contribution in [2.45, 2.75) is 25.9 Å². The Labute approximate surface area is 173 Å². The number of hydrogen-bond acceptors (Lipinski definition) is 7. The smallest absolute Gasteiger partial charge is 0.254 e.